The molecule has 1 aromatic carbocycles. The number of rotatable bonds is 3. The van der Waals surface area contributed by atoms with Crippen LogP contribution in [0.1, 0.15) is 25.0 Å². The minimum atomic E-state index is 0.266. The first-order valence-electron chi connectivity index (χ1n) is 4.90. The molecule has 0 saturated heterocycles. The van der Waals surface area contributed by atoms with E-state index >= 15 is 0 Å². The molecule has 0 atom stereocenters. The Morgan fingerprint density at radius 1 is 1.07 bits per heavy atom. The first kappa shape index (κ1) is 11.4. The van der Waals surface area contributed by atoms with Gasteiger partial charge in [-0.3, -0.25) is 0 Å². The summed E-state index contributed by atoms with van der Waals surface area (Å²) < 4.78 is 5.24. The number of phenols is 1. The summed E-state index contributed by atoms with van der Waals surface area (Å²) in [6.07, 6.45) is 7.60. The Bertz CT molecular complexity index is 390. The molecule has 0 aliphatic carbocycles. The Morgan fingerprint density at radius 3 is 2.20 bits per heavy atom. The van der Waals surface area contributed by atoms with E-state index in [0.717, 1.165) is 16.9 Å². The topological polar surface area (TPSA) is 29.5 Å². The van der Waals surface area contributed by atoms with Crippen molar-refractivity contribution in [1.82, 2.24) is 0 Å². The number of benzene rings is 1. The van der Waals surface area contributed by atoms with Gasteiger partial charge in [0.15, 0.2) is 0 Å². The molecule has 0 spiro atoms. The minimum absolute atomic E-state index is 0.266. The molecular formula is C13H16O2. The van der Waals surface area contributed by atoms with Crippen molar-refractivity contribution in [2.45, 2.75) is 13.8 Å². The number of aromatic hydroxyl groups is 1. The fourth-order valence-electron chi connectivity index (χ4n) is 1.46. The first-order chi connectivity index (χ1) is 7.24. The lowest BCUT2D eigenvalue weighted by molar-refractivity contribution is 0.411. The van der Waals surface area contributed by atoms with Gasteiger partial charge in [0.2, 0.25) is 0 Å². The average Bonchev–Trinajstić information content (AvgIpc) is 2.24. The molecule has 1 aromatic rings. The highest BCUT2D eigenvalue weighted by molar-refractivity contribution is 5.74. The lowest BCUT2D eigenvalue weighted by Gasteiger charge is -2.09. The number of hydrogen-bond donors (Lipinski definition) is 1. The van der Waals surface area contributed by atoms with Crippen LogP contribution in [0.4, 0.5) is 0 Å². The Balaban J connectivity index is 3.43. The summed E-state index contributed by atoms with van der Waals surface area (Å²) in [6.45, 7) is 3.85. The van der Waals surface area contributed by atoms with E-state index in [0.29, 0.717) is 0 Å². The van der Waals surface area contributed by atoms with Crippen LogP contribution in [0, 0.1) is 0 Å². The summed E-state index contributed by atoms with van der Waals surface area (Å²) in [5, 5.41) is 9.73. The average molecular weight is 204 g/mol. The first-order valence-corrected chi connectivity index (χ1v) is 4.90. The van der Waals surface area contributed by atoms with Crippen LogP contribution < -0.4 is 4.74 Å². The molecule has 0 radical (unpaired) electrons. The van der Waals surface area contributed by atoms with E-state index in [1.807, 2.05) is 38.2 Å². The Morgan fingerprint density at radius 2 is 1.67 bits per heavy atom. The van der Waals surface area contributed by atoms with Crippen LogP contribution in [0.3, 0.4) is 0 Å². The van der Waals surface area contributed by atoms with Gasteiger partial charge in [-0.1, -0.05) is 24.3 Å². The number of allylic oxidation sites excluding steroid dienone is 2. The fraction of sp³-hybridized carbons (Fsp3) is 0.231. The molecular weight excluding hydrogens is 188 g/mol. The quantitative estimate of drug-likeness (QED) is 0.816. The molecule has 0 fully saturated rings. The van der Waals surface area contributed by atoms with Crippen LogP contribution in [-0.4, -0.2) is 12.2 Å². The van der Waals surface area contributed by atoms with E-state index in [2.05, 4.69) is 0 Å². The Kier molecular flexibility index (Phi) is 3.98. The maximum atomic E-state index is 9.73. The third kappa shape index (κ3) is 2.40. The van der Waals surface area contributed by atoms with Crippen molar-refractivity contribution in [2.75, 3.05) is 7.11 Å². The van der Waals surface area contributed by atoms with Crippen LogP contribution in [0.2, 0.25) is 0 Å². The zero-order valence-electron chi connectivity index (χ0n) is 9.32. The highest BCUT2D eigenvalue weighted by Crippen LogP contribution is 2.31. The van der Waals surface area contributed by atoms with E-state index in [1.54, 1.807) is 19.2 Å². The number of ether oxygens (including phenoxy) is 1. The van der Waals surface area contributed by atoms with Gasteiger partial charge in [0.05, 0.1) is 7.11 Å². The smallest absolute Gasteiger partial charge is 0.126 e. The molecule has 0 unspecified atom stereocenters. The molecule has 0 amide bonds. The van der Waals surface area contributed by atoms with Crippen LogP contribution in [-0.2, 0) is 0 Å². The molecule has 15 heavy (non-hydrogen) atoms. The van der Waals surface area contributed by atoms with Crippen molar-refractivity contribution in [1.29, 1.82) is 0 Å². The summed E-state index contributed by atoms with van der Waals surface area (Å²) in [4.78, 5) is 0. The van der Waals surface area contributed by atoms with E-state index in [4.69, 9.17) is 4.74 Å². The Hall–Kier alpha value is -1.70. The van der Waals surface area contributed by atoms with E-state index < -0.39 is 0 Å². The van der Waals surface area contributed by atoms with Gasteiger partial charge in [-0.15, -0.1) is 0 Å². The highest BCUT2D eigenvalue weighted by atomic mass is 16.5. The third-order valence-corrected chi connectivity index (χ3v) is 2.11. The van der Waals surface area contributed by atoms with Crippen molar-refractivity contribution in [3.8, 4) is 11.5 Å². The molecule has 1 N–H and O–H groups in total. The monoisotopic (exact) mass is 204 g/mol. The molecule has 0 saturated carbocycles. The maximum absolute atomic E-state index is 9.73. The molecule has 0 bridgehead atoms. The predicted octanol–water partition coefficient (Wildman–Crippen LogP) is 3.47. The molecule has 2 heteroatoms. The summed E-state index contributed by atoms with van der Waals surface area (Å²) >= 11 is 0. The molecule has 0 aromatic heterocycles. The van der Waals surface area contributed by atoms with Crippen molar-refractivity contribution in [3.63, 3.8) is 0 Å². The van der Waals surface area contributed by atoms with E-state index in [9.17, 15) is 5.11 Å². The summed E-state index contributed by atoms with van der Waals surface area (Å²) in [5.74, 6) is 1.03. The summed E-state index contributed by atoms with van der Waals surface area (Å²) in [6, 6.07) is 3.40. The lowest BCUT2D eigenvalue weighted by atomic mass is 10.0. The largest absolute Gasteiger partial charge is 0.507 e. The van der Waals surface area contributed by atoms with E-state index in [-0.39, 0.29) is 5.75 Å². The number of phenolic OH excluding ortho intramolecular Hbond substituents is 1. The van der Waals surface area contributed by atoms with Crippen molar-refractivity contribution >= 4 is 12.2 Å². The highest BCUT2D eigenvalue weighted by Gasteiger charge is 2.08. The van der Waals surface area contributed by atoms with Crippen molar-refractivity contribution in [2.24, 2.45) is 0 Å². The van der Waals surface area contributed by atoms with Crippen LogP contribution in [0.15, 0.2) is 24.3 Å². The van der Waals surface area contributed by atoms with Crippen molar-refractivity contribution in [3.05, 3.63) is 35.4 Å². The standard InChI is InChI=1S/C13H16O2/c1-4-6-10-11(7-5-2)13(15-3)9-8-12(10)14/h4-9,14H,1-3H3. The zero-order chi connectivity index (χ0) is 11.3. The molecule has 0 aliphatic heterocycles. The van der Waals surface area contributed by atoms with E-state index in [1.165, 1.54) is 0 Å². The van der Waals surface area contributed by atoms with Crippen LogP contribution in [0.25, 0.3) is 12.2 Å². The predicted molar refractivity (Wildman–Crippen MR) is 64.1 cm³/mol. The Labute approximate surface area is 90.5 Å². The summed E-state index contributed by atoms with van der Waals surface area (Å²) in [7, 11) is 1.62. The fourth-order valence-corrected chi connectivity index (χ4v) is 1.46. The lowest BCUT2D eigenvalue weighted by Crippen LogP contribution is -1.90. The van der Waals surface area contributed by atoms with Crippen molar-refractivity contribution < 1.29 is 9.84 Å². The number of methoxy groups -OCH3 is 1. The molecule has 1 rings (SSSR count). The minimum Gasteiger partial charge on any atom is -0.507 e. The second-order valence-electron chi connectivity index (χ2n) is 3.11. The van der Waals surface area contributed by atoms with Gasteiger partial charge in [0.25, 0.3) is 0 Å². The molecule has 0 heterocycles. The van der Waals surface area contributed by atoms with Gasteiger partial charge in [0.1, 0.15) is 11.5 Å². The molecule has 0 aliphatic rings. The van der Waals surface area contributed by atoms with Crippen LogP contribution >= 0.6 is 0 Å². The second kappa shape index (κ2) is 5.25. The molecule has 80 valence electrons. The van der Waals surface area contributed by atoms with Gasteiger partial charge in [-0.05, 0) is 26.0 Å². The number of hydrogen-bond acceptors (Lipinski definition) is 2. The molecule has 2 nitrogen and oxygen atoms in total. The zero-order valence-corrected chi connectivity index (χ0v) is 9.32. The summed E-state index contributed by atoms with van der Waals surface area (Å²) in [5.41, 5.74) is 1.69. The van der Waals surface area contributed by atoms with Gasteiger partial charge in [0, 0.05) is 11.1 Å². The SMILES string of the molecule is CC=Cc1c(O)ccc(OC)c1C=CC. The van der Waals surface area contributed by atoms with Gasteiger partial charge < -0.3 is 9.84 Å². The maximum Gasteiger partial charge on any atom is 0.126 e. The second-order valence-corrected chi connectivity index (χ2v) is 3.11. The third-order valence-electron chi connectivity index (χ3n) is 2.11. The van der Waals surface area contributed by atoms with Crippen LogP contribution in [0.5, 0.6) is 11.5 Å². The van der Waals surface area contributed by atoms with Gasteiger partial charge in [-0.25, -0.2) is 0 Å². The van der Waals surface area contributed by atoms with Gasteiger partial charge in [-0.2, -0.15) is 0 Å². The normalized spacial score (nSPS) is 11.4. The van der Waals surface area contributed by atoms with Gasteiger partial charge >= 0.3 is 0 Å².